The molecule has 3 rings (SSSR count). The van der Waals surface area contributed by atoms with Crippen molar-refractivity contribution >= 4 is 29.0 Å². The van der Waals surface area contributed by atoms with E-state index in [0.717, 1.165) is 21.9 Å². The van der Waals surface area contributed by atoms with E-state index in [1.54, 1.807) is 42.5 Å². The van der Waals surface area contributed by atoms with Crippen molar-refractivity contribution in [3.8, 4) is 5.88 Å². The lowest BCUT2D eigenvalue weighted by Crippen LogP contribution is -2.23. The van der Waals surface area contributed by atoms with Crippen LogP contribution in [0.2, 0.25) is 0 Å². The van der Waals surface area contributed by atoms with Gasteiger partial charge in [0.05, 0.1) is 23.9 Å². The van der Waals surface area contributed by atoms with Crippen LogP contribution in [0.3, 0.4) is 0 Å². The zero-order valence-electron chi connectivity index (χ0n) is 13.6. The molecular weight excluding hydrogens is 354 g/mol. The highest BCUT2D eigenvalue weighted by Gasteiger charge is 2.11. The summed E-state index contributed by atoms with van der Waals surface area (Å²) in [5.41, 5.74) is 4.43. The van der Waals surface area contributed by atoms with Crippen LogP contribution in [0.5, 0.6) is 5.88 Å². The molecule has 1 aromatic carbocycles. The SMILES string of the molecule is COc1ccc(CNC(=O)c2ccccc2SCc2cscn2)cn1. The number of ether oxygens (including phenoxy) is 1. The molecule has 0 saturated carbocycles. The van der Waals surface area contributed by atoms with Gasteiger partial charge in [-0.2, -0.15) is 0 Å². The van der Waals surface area contributed by atoms with Gasteiger partial charge in [-0.15, -0.1) is 23.1 Å². The number of aromatic nitrogens is 2. The molecule has 0 bridgehead atoms. The number of nitrogens with zero attached hydrogens (tertiary/aromatic N) is 2. The fourth-order valence-corrected chi connectivity index (χ4v) is 3.77. The third-order valence-corrected chi connectivity index (χ3v) is 5.19. The summed E-state index contributed by atoms with van der Waals surface area (Å²) in [6.07, 6.45) is 1.70. The summed E-state index contributed by atoms with van der Waals surface area (Å²) in [5, 5.41) is 4.96. The highest BCUT2D eigenvalue weighted by atomic mass is 32.2. The second kappa shape index (κ2) is 8.64. The number of pyridine rings is 1. The van der Waals surface area contributed by atoms with E-state index >= 15 is 0 Å². The number of amides is 1. The molecule has 7 heteroatoms. The number of carbonyl (C=O) groups is 1. The Morgan fingerprint density at radius 1 is 1.24 bits per heavy atom. The molecular formula is C18H17N3O2S2. The first-order chi connectivity index (χ1) is 12.3. The number of thiazole rings is 1. The zero-order valence-corrected chi connectivity index (χ0v) is 15.3. The summed E-state index contributed by atoms with van der Waals surface area (Å²) in [6.45, 7) is 0.418. The van der Waals surface area contributed by atoms with Gasteiger partial charge < -0.3 is 10.1 Å². The largest absolute Gasteiger partial charge is 0.481 e. The van der Waals surface area contributed by atoms with Gasteiger partial charge in [-0.1, -0.05) is 18.2 Å². The van der Waals surface area contributed by atoms with Crippen LogP contribution < -0.4 is 10.1 Å². The quantitative estimate of drug-likeness (QED) is 0.641. The minimum Gasteiger partial charge on any atom is -0.481 e. The molecule has 0 aliphatic rings. The highest BCUT2D eigenvalue weighted by Crippen LogP contribution is 2.26. The molecule has 1 amide bonds. The van der Waals surface area contributed by atoms with Gasteiger partial charge in [-0.25, -0.2) is 9.97 Å². The van der Waals surface area contributed by atoms with Crippen LogP contribution in [0.4, 0.5) is 0 Å². The number of carbonyl (C=O) groups excluding carboxylic acids is 1. The summed E-state index contributed by atoms with van der Waals surface area (Å²) >= 11 is 3.19. The molecule has 0 saturated heterocycles. The summed E-state index contributed by atoms with van der Waals surface area (Å²) in [7, 11) is 1.57. The van der Waals surface area contributed by atoms with Gasteiger partial charge in [-0.3, -0.25) is 4.79 Å². The Labute approximate surface area is 154 Å². The molecule has 0 atom stereocenters. The Morgan fingerprint density at radius 3 is 2.84 bits per heavy atom. The van der Waals surface area contributed by atoms with Gasteiger partial charge in [0.25, 0.3) is 5.91 Å². The summed E-state index contributed by atoms with van der Waals surface area (Å²) in [5.74, 6) is 1.20. The maximum Gasteiger partial charge on any atom is 0.252 e. The van der Waals surface area contributed by atoms with Crippen LogP contribution in [0.1, 0.15) is 21.6 Å². The van der Waals surface area contributed by atoms with Crippen LogP contribution in [0.15, 0.2) is 58.4 Å². The molecule has 0 spiro atoms. The number of hydrogen-bond acceptors (Lipinski definition) is 6. The van der Waals surface area contributed by atoms with E-state index in [2.05, 4.69) is 15.3 Å². The monoisotopic (exact) mass is 371 g/mol. The average molecular weight is 371 g/mol. The predicted molar refractivity (Wildman–Crippen MR) is 100 cm³/mol. The Bertz CT molecular complexity index is 821. The van der Waals surface area contributed by atoms with E-state index in [4.69, 9.17) is 4.74 Å². The summed E-state index contributed by atoms with van der Waals surface area (Å²) in [4.78, 5) is 21.9. The number of methoxy groups -OCH3 is 1. The van der Waals surface area contributed by atoms with E-state index in [9.17, 15) is 4.79 Å². The van der Waals surface area contributed by atoms with Crippen molar-refractivity contribution < 1.29 is 9.53 Å². The van der Waals surface area contributed by atoms with Crippen molar-refractivity contribution in [1.82, 2.24) is 15.3 Å². The minimum atomic E-state index is -0.0998. The molecule has 0 radical (unpaired) electrons. The van der Waals surface area contributed by atoms with Crippen LogP contribution >= 0.6 is 23.1 Å². The number of benzene rings is 1. The molecule has 1 N–H and O–H groups in total. The van der Waals surface area contributed by atoms with Gasteiger partial charge in [0.2, 0.25) is 5.88 Å². The molecule has 2 heterocycles. The second-order valence-corrected chi connectivity index (χ2v) is 6.89. The summed E-state index contributed by atoms with van der Waals surface area (Å²) < 4.78 is 5.03. The molecule has 128 valence electrons. The first kappa shape index (κ1) is 17.4. The van der Waals surface area contributed by atoms with Crippen molar-refractivity contribution in [1.29, 1.82) is 0 Å². The molecule has 5 nitrogen and oxygen atoms in total. The van der Waals surface area contributed by atoms with Crippen molar-refractivity contribution in [3.63, 3.8) is 0 Å². The number of nitrogens with one attached hydrogen (secondary N) is 1. The van der Waals surface area contributed by atoms with Crippen LogP contribution in [-0.4, -0.2) is 23.0 Å². The zero-order chi connectivity index (χ0) is 17.5. The molecule has 2 aromatic heterocycles. The minimum absolute atomic E-state index is 0.0998. The predicted octanol–water partition coefficient (Wildman–Crippen LogP) is 3.77. The molecule has 0 aliphatic carbocycles. The highest BCUT2D eigenvalue weighted by molar-refractivity contribution is 7.98. The number of rotatable bonds is 7. The lowest BCUT2D eigenvalue weighted by molar-refractivity contribution is 0.0948. The van der Waals surface area contributed by atoms with Gasteiger partial charge >= 0.3 is 0 Å². The molecule has 0 unspecified atom stereocenters. The van der Waals surface area contributed by atoms with Gasteiger partial charge in [0, 0.05) is 34.8 Å². The standard InChI is InChI=1S/C18H17N3O2S2/c1-23-17-7-6-13(8-19-17)9-20-18(22)15-4-2-3-5-16(15)25-11-14-10-24-12-21-14/h2-8,10,12H,9,11H2,1H3,(H,20,22). The smallest absolute Gasteiger partial charge is 0.252 e. The Morgan fingerprint density at radius 2 is 2.12 bits per heavy atom. The first-order valence-corrected chi connectivity index (χ1v) is 9.55. The van der Waals surface area contributed by atoms with E-state index in [1.807, 2.05) is 41.2 Å². The van der Waals surface area contributed by atoms with Crippen LogP contribution in [-0.2, 0) is 12.3 Å². The van der Waals surface area contributed by atoms with Crippen molar-refractivity contribution in [3.05, 3.63) is 70.3 Å². The van der Waals surface area contributed by atoms with Crippen molar-refractivity contribution in [2.24, 2.45) is 0 Å². The maximum absolute atomic E-state index is 12.5. The summed E-state index contributed by atoms with van der Waals surface area (Å²) in [6, 6.07) is 11.3. The maximum atomic E-state index is 12.5. The van der Waals surface area contributed by atoms with Gasteiger partial charge in [-0.05, 0) is 17.7 Å². The van der Waals surface area contributed by atoms with Gasteiger partial charge in [0.1, 0.15) is 0 Å². The third-order valence-electron chi connectivity index (χ3n) is 3.45. The lowest BCUT2D eigenvalue weighted by atomic mass is 10.2. The number of thioether (sulfide) groups is 1. The topological polar surface area (TPSA) is 64.1 Å². The Balaban J connectivity index is 1.62. The number of hydrogen-bond donors (Lipinski definition) is 1. The fraction of sp³-hybridized carbons (Fsp3) is 0.167. The lowest BCUT2D eigenvalue weighted by Gasteiger charge is -2.10. The van der Waals surface area contributed by atoms with Crippen LogP contribution in [0.25, 0.3) is 0 Å². The third kappa shape index (κ3) is 4.80. The van der Waals surface area contributed by atoms with E-state index in [1.165, 1.54) is 0 Å². The first-order valence-electron chi connectivity index (χ1n) is 7.62. The average Bonchev–Trinajstić information content (AvgIpc) is 3.18. The van der Waals surface area contributed by atoms with E-state index in [0.29, 0.717) is 18.0 Å². The molecule has 25 heavy (non-hydrogen) atoms. The van der Waals surface area contributed by atoms with Crippen molar-refractivity contribution in [2.75, 3.05) is 7.11 Å². The van der Waals surface area contributed by atoms with Gasteiger partial charge in [0.15, 0.2) is 0 Å². The van der Waals surface area contributed by atoms with E-state index < -0.39 is 0 Å². The second-order valence-electron chi connectivity index (χ2n) is 5.16. The fourth-order valence-electron chi connectivity index (χ4n) is 2.15. The molecule has 0 aliphatic heterocycles. The Kier molecular flexibility index (Phi) is 6.03. The Hall–Kier alpha value is -2.38. The van der Waals surface area contributed by atoms with E-state index in [-0.39, 0.29) is 5.91 Å². The van der Waals surface area contributed by atoms with Crippen LogP contribution in [0, 0.1) is 0 Å². The molecule has 3 aromatic rings. The van der Waals surface area contributed by atoms with Crippen molar-refractivity contribution in [2.45, 2.75) is 17.2 Å². The molecule has 0 fully saturated rings. The normalized spacial score (nSPS) is 10.4.